The Balaban J connectivity index is 1.84. The molecule has 2 aromatic carbocycles. The molecule has 1 unspecified atom stereocenters. The molecular weight excluding hydrogens is 258 g/mol. The highest BCUT2D eigenvalue weighted by atomic mass is 16.5. The second kappa shape index (κ2) is 5.53. The van der Waals surface area contributed by atoms with Crippen molar-refractivity contribution in [3.05, 3.63) is 63.7 Å². The van der Waals surface area contributed by atoms with Crippen LogP contribution in [-0.2, 0) is 13.0 Å². The van der Waals surface area contributed by atoms with E-state index in [4.69, 9.17) is 10.5 Å². The van der Waals surface area contributed by atoms with Gasteiger partial charge < -0.3 is 10.5 Å². The van der Waals surface area contributed by atoms with E-state index in [1.54, 1.807) is 0 Å². The summed E-state index contributed by atoms with van der Waals surface area (Å²) < 4.78 is 6.13. The first kappa shape index (κ1) is 14.2. The molecule has 2 heteroatoms. The van der Waals surface area contributed by atoms with E-state index in [1.807, 2.05) is 6.07 Å². The van der Waals surface area contributed by atoms with E-state index in [0.717, 1.165) is 18.6 Å². The Labute approximate surface area is 126 Å². The molecule has 0 amide bonds. The van der Waals surface area contributed by atoms with Gasteiger partial charge in [0, 0.05) is 6.04 Å². The van der Waals surface area contributed by atoms with Crippen molar-refractivity contribution in [3.8, 4) is 5.75 Å². The maximum absolute atomic E-state index is 6.13. The van der Waals surface area contributed by atoms with Crippen LogP contribution in [0.25, 0.3) is 0 Å². The van der Waals surface area contributed by atoms with Gasteiger partial charge in [0.05, 0.1) is 0 Å². The van der Waals surface area contributed by atoms with E-state index < -0.39 is 0 Å². The molecule has 0 saturated carbocycles. The Bertz CT molecular complexity index is 652. The number of rotatable bonds is 3. The average Bonchev–Trinajstić information content (AvgIpc) is 2.80. The van der Waals surface area contributed by atoms with Gasteiger partial charge >= 0.3 is 0 Å². The number of fused-ring (bicyclic) bond motifs is 1. The van der Waals surface area contributed by atoms with Gasteiger partial charge in [-0.3, -0.25) is 0 Å². The van der Waals surface area contributed by atoms with Gasteiger partial charge in [0.1, 0.15) is 12.4 Å². The molecule has 1 aliphatic rings. The highest BCUT2D eigenvalue weighted by Crippen LogP contribution is 2.36. The maximum Gasteiger partial charge on any atom is 0.123 e. The van der Waals surface area contributed by atoms with Crippen molar-refractivity contribution in [1.29, 1.82) is 0 Å². The third-order valence-corrected chi connectivity index (χ3v) is 4.49. The van der Waals surface area contributed by atoms with E-state index in [2.05, 4.69) is 45.0 Å². The molecule has 0 saturated heterocycles. The molecule has 0 fully saturated rings. The summed E-state index contributed by atoms with van der Waals surface area (Å²) in [6.07, 6.45) is 2.05. The first-order valence-electron chi connectivity index (χ1n) is 7.63. The standard InChI is InChI=1S/C19H23NO/c1-12-9-13(2)17(14(3)10-12)11-21-19-6-4-5-15-16(19)7-8-18(15)20/h4-6,9-10,18H,7-8,11,20H2,1-3H3. The normalized spacial score (nSPS) is 16.9. The predicted molar refractivity (Wildman–Crippen MR) is 86.7 cm³/mol. The largest absolute Gasteiger partial charge is 0.489 e. The third kappa shape index (κ3) is 2.68. The summed E-state index contributed by atoms with van der Waals surface area (Å²) in [5, 5.41) is 0. The summed E-state index contributed by atoms with van der Waals surface area (Å²) in [4.78, 5) is 0. The van der Waals surface area contributed by atoms with Crippen LogP contribution < -0.4 is 10.5 Å². The molecule has 0 spiro atoms. The number of nitrogens with two attached hydrogens (primary N) is 1. The maximum atomic E-state index is 6.13. The van der Waals surface area contributed by atoms with Crippen LogP contribution in [0.2, 0.25) is 0 Å². The molecule has 0 aliphatic heterocycles. The van der Waals surface area contributed by atoms with Gasteiger partial charge in [-0.2, -0.15) is 0 Å². The van der Waals surface area contributed by atoms with Gasteiger partial charge in [-0.25, -0.2) is 0 Å². The highest BCUT2D eigenvalue weighted by Gasteiger charge is 2.22. The molecule has 2 aromatic rings. The Morgan fingerprint density at radius 3 is 2.57 bits per heavy atom. The lowest BCUT2D eigenvalue weighted by molar-refractivity contribution is 0.301. The van der Waals surface area contributed by atoms with Crippen LogP contribution in [0.1, 0.15) is 45.8 Å². The molecule has 110 valence electrons. The topological polar surface area (TPSA) is 35.2 Å². The highest BCUT2D eigenvalue weighted by molar-refractivity contribution is 5.45. The number of hydrogen-bond acceptors (Lipinski definition) is 2. The van der Waals surface area contributed by atoms with Gasteiger partial charge in [0.25, 0.3) is 0 Å². The van der Waals surface area contributed by atoms with Crippen molar-refractivity contribution in [3.63, 3.8) is 0 Å². The zero-order valence-electron chi connectivity index (χ0n) is 13.1. The molecule has 2 nitrogen and oxygen atoms in total. The zero-order chi connectivity index (χ0) is 15.0. The Hall–Kier alpha value is -1.80. The third-order valence-electron chi connectivity index (χ3n) is 4.49. The van der Waals surface area contributed by atoms with Crippen LogP contribution in [0.5, 0.6) is 5.75 Å². The number of aryl methyl sites for hydroxylation is 3. The fourth-order valence-corrected chi connectivity index (χ4v) is 3.38. The van der Waals surface area contributed by atoms with E-state index in [-0.39, 0.29) is 6.04 Å². The summed E-state index contributed by atoms with van der Waals surface area (Å²) in [7, 11) is 0. The Kier molecular flexibility index (Phi) is 3.73. The second-order valence-electron chi connectivity index (χ2n) is 6.14. The molecule has 0 aromatic heterocycles. The van der Waals surface area contributed by atoms with Crippen LogP contribution in [0, 0.1) is 20.8 Å². The summed E-state index contributed by atoms with van der Waals surface area (Å²) in [5.74, 6) is 1.000. The molecular formula is C19H23NO. The fourth-order valence-electron chi connectivity index (χ4n) is 3.38. The quantitative estimate of drug-likeness (QED) is 0.917. The van der Waals surface area contributed by atoms with Crippen molar-refractivity contribution < 1.29 is 4.74 Å². The van der Waals surface area contributed by atoms with Crippen LogP contribution in [0.4, 0.5) is 0 Å². The first-order valence-corrected chi connectivity index (χ1v) is 7.63. The van der Waals surface area contributed by atoms with Crippen molar-refractivity contribution in [2.24, 2.45) is 5.73 Å². The van der Waals surface area contributed by atoms with Crippen molar-refractivity contribution >= 4 is 0 Å². The van der Waals surface area contributed by atoms with Crippen molar-refractivity contribution in [2.45, 2.75) is 46.3 Å². The van der Waals surface area contributed by atoms with Crippen LogP contribution in [0.3, 0.4) is 0 Å². The zero-order valence-corrected chi connectivity index (χ0v) is 13.1. The summed E-state index contributed by atoms with van der Waals surface area (Å²) in [6, 6.07) is 10.9. The smallest absolute Gasteiger partial charge is 0.123 e. The average molecular weight is 281 g/mol. The molecule has 2 N–H and O–H groups in total. The summed E-state index contributed by atoms with van der Waals surface area (Å²) >= 11 is 0. The van der Waals surface area contributed by atoms with Crippen molar-refractivity contribution in [2.75, 3.05) is 0 Å². The van der Waals surface area contributed by atoms with Crippen LogP contribution in [-0.4, -0.2) is 0 Å². The van der Waals surface area contributed by atoms with Gasteiger partial charge in [-0.15, -0.1) is 0 Å². The van der Waals surface area contributed by atoms with E-state index in [9.17, 15) is 0 Å². The lowest BCUT2D eigenvalue weighted by Gasteiger charge is -2.15. The molecule has 1 aliphatic carbocycles. The predicted octanol–water partition coefficient (Wildman–Crippen LogP) is 4.14. The minimum Gasteiger partial charge on any atom is -0.489 e. The van der Waals surface area contributed by atoms with E-state index in [1.165, 1.54) is 33.4 Å². The monoisotopic (exact) mass is 281 g/mol. The second-order valence-corrected chi connectivity index (χ2v) is 6.14. The molecule has 0 bridgehead atoms. The van der Waals surface area contributed by atoms with E-state index >= 15 is 0 Å². The number of hydrogen-bond donors (Lipinski definition) is 1. The van der Waals surface area contributed by atoms with Crippen molar-refractivity contribution in [1.82, 2.24) is 0 Å². The van der Waals surface area contributed by atoms with Crippen LogP contribution >= 0.6 is 0 Å². The molecule has 3 rings (SSSR count). The minimum absolute atomic E-state index is 0.173. The van der Waals surface area contributed by atoms with E-state index in [0.29, 0.717) is 6.61 Å². The molecule has 21 heavy (non-hydrogen) atoms. The minimum atomic E-state index is 0.173. The Morgan fingerprint density at radius 1 is 1.14 bits per heavy atom. The van der Waals surface area contributed by atoms with Gasteiger partial charge in [0.2, 0.25) is 0 Å². The SMILES string of the molecule is Cc1cc(C)c(COc2cccc3c2CCC3N)c(C)c1. The van der Waals surface area contributed by atoms with Crippen LogP contribution in [0.15, 0.2) is 30.3 Å². The first-order chi connectivity index (χ1) is 10.1. The lowest BCUT2D eigenvalue weighted by atomic mass is 10.0. The molecule has 1 atom stereocenters. The summed E-state index contributed by atoms with van der Waals surface area (Å²) in [6.45, 7) is 7.08. The van der Waals surface area contributed by atoms with Gasteiger partial charge in [0.15, 0.2) is 0 Å². The fraction of sp³-hybridized carbons (Fsp3) is 0.368. The Morgan fingerprint density at radius 2 is 1.86 bits per heavy atom. The number of benzene rings is 2. The number of ether oxygens (including phenoxy) is 1. The van der Waals surface area contributed by atoms with Gasteiger partial charge in [-0.05, 0) is 67.5 Å². The molecule has 0 radical (unpaired) electrons. The summed E-state index contributed by atoms with van der Waals surface area (Å²) in [5.41, 5.74) is 13.9. The van der Waals surface area contributed by atoms with Gasteiger partial charge in [-0.1, -0.05) is 29.8 Å². The molecule has 0 heterocycles. The lowest BCUT2D eigenvalue weighted by Crippen LogP contribution is -2.06.